The molecular weight excluding hydrogens is 304 g/mol. The molecule has 4 rings (SSSR count). The molecule has 124 valence electrons. The van der Waals surface area contributed by atoms with E-state index in [0.29, 0.717) is 29.0 Å². The lowest BCUT2D eigenvalue weighted by Gasteiger charge is -2.20. The summed E-state index contributed by atoms with van der Waals surface area (Å²) in [6.07, 6.45) is 3.30. The SMILES string of the molecule is CC(=O)c1ccccc1-c1ccc(C(=O)N[C@@H]2C[C@H]3CC[C@@H]2N3)o1. The molecule has 2 bridgehead atoms. The van der Waals surface area contributed by atoms with E-state index in [1.807, 2.05) is 18.2 Å². The van der Waals surface area contributed by atoms with Crippen molar-refractivity contribution in [1.82, 2.24) is 10.6 Å². The van der Waals surface area contributed by atoms with E-state index in [-0.39, 0.29) is 23.5 Å². The third-order valence-corrected chi connectivity index (χ3v) is 5.02. The summed E-state index contributed by atoms with van der Waals surface area (Å²) >= 11 is 0. The molecule has 2 fully saturated rings. The molecule has 2 aliphatic rings. The molecule has 1 aromatic heterocycles. The van der Waals surface area contributed by atoms with Crippen LogP contribution in [0.25, 0.3) is 11.3 Å². The molecule has 2 aromatic rings. The molecule has 0 saturated carbocycles. The number of ketones is 1. The van der Waals surface area contributed by atoms with E-state index in [4.69, 9.17) is 4.42 Å². The number of rotatable bonds is 4. The molecule has 5 heteroatoms. The lowest BCUT2D eigenvalue weighted by molar-refractivity contribution is 0.0903. The van der Waals surface area contributed by atoms with Gasteiger partial charge in [-0.15, -0.1) is 0 Å². The van der Waals surface area contributed by atoms with Crippen molar-refractivity contribution in [3.63, 3.8) is 0 Å². The van der Waals surface area contributed by atoms with Gasteiger partial charge in [0.05, 0.1) is 0 Å². The number of benzene rings is 1. The number of Topliss-reactive ketones (excluding diaryl/α,β-unsaturated/α-hetero) is 1. The van der Waals surface area contributed by atoms with Gasteiger partial charge in [-0.3, -0.25) is 9.59 Å². The van der Waals surface area contributed by atoms with Gasteiger partial charge >= 0.3 is 0 Å². The highest BCUT2D eigenvalue weighted by Crippen LogP contribution is 2.29. The van der Waals surface area contributed by atoms with Crippen LogP contribution in [0, 0.1) is 0 Å². The number of amides is 1. The smallest absolute Gasteiger partial charge is 0.287 e. The van der Waals surface area contributed by atoms with Crippen molar-refractivity contribution in [3.8, 4) is 11.3 Å². The van der Waals surface area contributed by atoms with Gasteiger partial charge in [0.2, 0.25) is 0 Å². The number of carbonyl (C=O) groups excluding carboxylic acids is 2. The maximum absolute atomic E-state index is 12.4. The maximum atomic E-state index is 12.4. The molecule has 5 nitrogen and oxygen atoms in total. The van der Waals surface area contributed by atoms with Gasteiger partial charge in [-0.1, -0.05) is 24.3 Å². The summed E-state index contributed by atoms with van der Waals surface area (Å²) in [5, 5.41) is 6.57. The van der Waals surface area contributed by atoms with Crippen molar-refractivity contribution in [3.05, 3.63) is 47.7 Å². The summed E-state index contributed by atoms with van der Waals surface area (Å²) in [4.78, 5) is 24.2. The van der Waals surface area contributed by atoms with Gasteiger partial charge in [-0.05, 0) is 38.3 Å². The Labute approximate surface area is 140 Å². The fraction of sp³-hybridized carbons (Fsp3) is 0.368. The van der Waals surface area contributed by atoms with Crippen LogP contribution in [0.1, 0.15) is 47.1 Å². The summed E-state index contributed by atoms with van der Waals surface area (Å²) < 4.78 is 5.73. The molecule has 3 atom stereocenters. The van der Waals surface area contributed by atoms with Crippen LogP contribution in [-0.2, 0) is 0 Å². The van der Waals surface area contributed by atoms with Gasteiger partial charge in [-0.25, -0.2) is 0 Å². The molecule has 2 N–H and O–H groups in total. The number of carbonyl (C=O) groups is 2. The zero-order valence-electron chi connectivity index (χ0n) is 13.5. The van der Waals surface area contributed by atoms with Crippen molar-refractivity contribution in [2.24, 2.45) is 0 Å². The summed E-state index contributed by atoms with van der Waals surface area (Å²) in [6, 6.07) is 11.8. The largest absolute Gasteiger partial charge is 0.451 e. The first-order chi connectivity index (χ1) is 11.6. The van der Waals surface area contributed by atoms with E-state index in [1.54, 1.807) is 18.2 Å². The average Bonchev–Trinajstić information content (AvgIpc) is 3.31. The predicted octanol–water partition coefficient (Wildman–Crippen LogP) is 2.77. The molecule has 1 aromatic carbocycles. The van der Waals surface area contributed by atoms with E-state index in [0.717, 1.165) is 12.8 Å². The number of hydrogen-bond donors (Lipinski definition) is 2. The zero-order chi connectivity index (χ0) is 16.7. The fourth-order valence-electron chi connectivity index (χ4n) is 3.83. The predicted molar refractivity (Wildman–Crippen MR) is 90.0 cm³/mol. The molecule has 2 saturated heterocycles. The van der Waals surface area contributed by atoms with Gasteiger partial charge < -0.3 is 15.1 Å². The van der Waals surface area contributed by atoms with Crippen LogP contribution < -0.4 is 10.6 Å². The van der Waals surface area contributed by atoms with Gasteiger partial charge in [0.15, 0.2) is 11.5 Å². The van der Waals surface area contributed by atoms with Crippen molar-refractivity contribution in [2.45, 2.75) is 44.3 Å². The number of nitrogens with one attached hydrogen (secondary N) is 2. The number of hydrogen-bond acceptors (Lipinski definition) is 4. The molecule has 0 radical (unpaired) electrons. The highest BCUT2D eigenvalue weighted by molar-refractivity contribution is 6.00. The second-order valence-corrected chi connectivity index (χ2v) is 6.63. The second-order valence-electron chi connectivity index (χ2n) is 6.63. The van der Waals surface area contributed by atoms with E-state index >= 15 is 0 Å². The average molecular weight is 324 g/mol. The second kappa shape index (κ2) is 5.91. The van der Waals surface area contributed by atoms with Crippen molar-refractivity contribution >= 4 is 11.7 Å². The van der Waals surface area contributed by atoms with Crippen molar-refractivity contribution < 1.29 is 14.0 Å². The topological polar surface area (TPSA) is 71.3 Å². The number of fused-ring (bicyclic) bond motifs is 2. The van der Waals surface area contributed by atoms with Gasteiger partial charge in [0, 0.05) is 29.3 Å². The van der Waals surface area contributed by atoms with E-state index in [9.17, 15) is 9.59 Å². The Morgan fingerprint density at radius 1 is 1.17 bits per heavy atom. The minimum atomic E-state index is -0.194. The Morgan fingerprint density at radius 2 is 2.00 bits per heavy atom. The van der Waals surface area contributed by atoms with Crippen LogP contribution in [0.5, 0.6) is 0 Å². The van der Waals surface area contributed by atoms with Crippen LogP contribution >= 0.6 is 0 Å². The third kappa shape index (κ3) is 2.65. The summed E-state index contributed by atoms with van der Waals surface area (Å²) in [5.74, 6) is 0.602. The Balaban J connectivity index is 1.53. The zero-order valence-corrected chi connectivity index (χ0v) is 13.5. The Kier molecular flexibility index (Phi) is 3.73. The van der Waals surface area contributed by atoms with Crippen LogP contribution in [0.15, 0.2) is 40.8 Å². The summed E-state index contributed by atoms with van der Waals surface area (Å²) in [6.45, 7) is 1.53. The molecular formula is C19H20N2O3. The minimum Gasteiger partial charge on any atom is -0.451 e. The quantitative estimate of drug-likeness (QED) is 0.848. The molecule has 3 heterocycles. The van der Waals surface area contributed by atoms with Gasteiger partial charge in [-0.2, -0.15) is 0 Å². The first kappa shape index (κ1) is 15.1. The standard InChI is InChI=1S/C19H20N2O3/c1-11(22)13-4-2-3-5-14(13)17-8-9-18(24-17)19(23)21-16-10-12-6-7-15(16)20-12/h2-5,8-9,12,15-16,20H,6-7,10H2,1H3,(H,21,23)/t12-,15+,16-/m1/s1. The molecule has 2 aliphatic heterocycles. The third-order valence-electron chi connectivity index (χ3n) is 5.02. The van der Waals surface area contributed by atoms with Crippen LogP contribution in [0.2, 0.25) is 0 Å². The van der Waals surface area contributed by atoms with E-state index in [1.165, 1.54) is 13.3 Å². The highest BCUT2D eigenvalue weighted by Gasteiger charge is 2.39. The van der Waals surface area contributed by atoms with E-state index < -0.39 is 0 Å². The normalized spacial score (nSPS) is 25.0. The van der Waals surface area contributed by atoms with Crippen LogP contribution in [-0.4, -0.2) is 29.8 Å². The first-order valence-corrected chi connectivity index (χ1v) is 8.39. The van der Waals surface area contributed by atoms with Crippen LogP contribution in [0.3, 0.4) is 0 Å². The maximum Gasteiger partial charge on any atom is 0.287 e. The van der Waals surface area contributed by atoms with Crippen molar-refractivity contribution in [1.29, 1.82) is 0 Å². The molecule has 24 heavy (non-hydrogen) atoms. The monoisotopic (exact) mass is 324 g/mol. The van der Waals surface area contributed by atoms with Gasteiger partial charge in [0.25, 0.3) is 5.91 Å². The van der Waals surface area contributed by atoms with Gasteiger partial charge in [0.1, 0.15) is 5.76 Å². The van der Waals surface area contributed by atoms with Crippen LogP contribution in [0.4, 0.5) is 0 Å². The highest BCUT2D eigenvalue weighted by atomic mass is 16.4. The minimum absolute atomic E-state index is 0.0268. The molecule has 0 aliphatic carbocycles. The fourth-order valence-corrected chi connectivity index (χ4v) is 3.83. The molecule has 0 spiro atoms. The van der Waals surface area contributed by atoms with E-state index in [2.05, 4.69) is 10.6 Å². The number of furan rings is 1. The summed E-state index contributed by atoms with van der Waals surface area (Å²) in [5.41, 5.74) is 1.31. The lowest BCUT2D eigenvalue weighted by Crippen LogP contribution is -2.42. The Hall–Kier alpha value is -2.40. The lowest BCUT2D eigenvalue weighted by atomic mass is 9.95. The Bertz CT molecular complexity index is 795. The van der Waals surface area contributed by atoms with Crippen molar-refractivity contribution in [2.75, 3.05) is 0 Å². The molecule has 1 amide bonds. The summed E-state index contributed by atoms with van der Waals surface area (Å²) in [7, 11) is 0. The molecule has 0 unspecified atom stereocenters. The Morgan fingerprint density at radius 3 is 2.71 bits per heavy atom. The first-order valence-electron chi connectivity index (χ1n) is 8.39.